The van der Waals surface area contributed by atoms with Crippen LogP contribution in [0.1, 0.15) is 39.9 Å². The zero-order valence-electron chi connectivity index (χ0n) is 13.8. The van der Waals surface area contributed by atoms with Crippen LogP contribution in [0, 0.1) is 13.8 Å². The summed E-state index contributed by atoms with van der Waals surface area (Å²) < 4.78 is 6.95. The fraction of sp³-hybridized carbons (Fsp3) is 0.294. The number of aromatic nitrogens is 4. The number of nitrogens with zero attached hydrogens (tertiary/aromatic N) is 4. The van der Waals surface area contributed by atoms with Crippen LogP contribution in [0.3, 0.4) is 0 Å². The van der Waals surface area contributed by atoms with E-state index in [0.717, 1.165) is 29.0 Å². The van der Waals surface area contributed by atoms with Crippen molar-refractivity contribution in [2.24, 2.45) is 0 Å². The highest BCUT2D eigenvalue weighted by Crippen LogP contribution is 2.24. The van der Waals surface area contributed by atoms with Crippen molar-refractivity contribution in [3.63, 3.8) is 0 Å². The molecule has 0 saturated carbocycles. The van der Waals surface area contributed by atoms with Gasteiger partial charge in [-0.15, -0.1) is 5.10 Å². The number of carbonyl (C=O) groups is 1. The van der Waals surface area contributed by atoms with Crippen molar-refractivity contribution in [2.45, 2.75) is 33.7 Å². The van der Waals surface area contributed by atoms with Crippen molar-refractivity contribution in [1.82, 2.24) is 20.2 Å². The number of benzene rings is 1. The van der Waals surface area contributed by atoms with E-state index >= 15 is 0 Å². The minimum absolute atomic E-state index is 0.211. The summed E-state index contributed by atoms with van der Waals surface area (Å²) in [6.45, 7) is 6.29. The van der Waals surface area contributed by atoms with Crippen LogP contribution in [0.4, 0.5) is 0 Å². The molecule has 3 aromatic rings. The average molecular weight is 326 g/mol. The van der Waals surface area contributed by atoms with E-state index in [1.807, 2.05) is 20.8 Å². The van der Waals surface area contributed by atoms with Crippen LogP contribution in [-0.2, 0) is 13.0 Å². The maximum Gasteiger partial charge on any atom is 0.336 e. The van der Waals surface area contributed by atoms with Crippen LogP contribution >= 0.6 is 0 Å². The normalized spacial score (nSPS) is 11.0. The van der Waals surface area contributed by atoms with Crippen molar-refractivity contribution in [1.29, 1.82) is 0 Å². The molecule has 7 nitrogen and oxygen atoms in total. The molecule has 3 rings (SSSR count). The summed E-state index contributed by atoms with van der Waals surface area (Å²) in [7, 11) is 0. The molecule has 0 unspecified atom stereocenters. The second-order valence-electron chi connectivity index (χ2n) is 5.68. The molecule has 0 aliphatic rings. The molecular weight excluding hydrogens is 308 g/mol. The van der Waals surface area contributed by atoms with Gasteiger partial charge in [-0.3, -0.25) is 0 Å². The highest BCUT2D eigenvalue weighted by atomic mass is 16.5. The fourth-order valence-electron chi connectivity index (χ4n) is 2.63. The zero-order valence-corrected chi connectivity index (χ0v) is 13.8. The summed E-state index contributed by atoms with van der Waals surface area (Å²) in [5.41, 5.74) is 4.08. The van der Waals surface area contributed by atoms with Crippen LogP contribution in [0.2, 0.25) is 0 Å². The lowest BCUT2D eigenvalue weighted by molar-refractivity contribution is 0.0697. The fourth-order valence-corrected chi connectivity index (χ4v) is 2.63. The quantitative estimate of drug-likeness (QED) is 0.775. The van der Waals surface area contributed by atoms with Gasteiger partial charge < -0.3 is 9.63 Å². The summed E-state index contributed by atoms with van der Waals surface area (Å²) in [5.74, 6) is -0.158. The van der Waals surface area contributed by atoms with E-state index in [4.69, 9.17) is 4.52 Å². The minimum atomic E-state index is -0.984. The van der Waals surface area contributed by atoms with E-state index in [0.29, 0.717) is 17.8 Å². The van der Waals surface area contributed by atoms with Crippen LogP contribution in [0.5, 0.6) is 0 Å². The van der Waals surface area contributed by atoms with Gasteiger partial charge in [0, 0.05) is 17.5 Å². The Morgan fingerprint density at radius 2 is 2.12 bits per heavy atom. The number of carboxylic acids is 1. The lowest BCUT2D eigenvalue weighted by Gasteiger charge is -2.04. The van der Waals surface area contributed by atoms with Gasteiger partial charge in [0.1, 0.15) is 11.5 Å². The molecule has 7 heteroatoms. The molecule has 0 radical (unpaired) electrons. The molecule has 1 aromatic carbocycles. The average Bonchev–Trinajstić information content (AvgIpc) is 3.15. The van der Waals surface area contributed by atoms with Gasteiger partial charge in [0.15, 0.2) is 0 Å². The van der Waals surface area contributed by atoms with Gasteiger partial charge in [-0.25, -0.2) is 9.48 Å². The summed E-state index contributed by atoms with van der Waals surface area (Å²) in [5, 5.41) is 21.6. The predicted octanol–water partition coefficient (Wildman–Crippen LogP) is 2.86. The summed E-state index contributed by atoms with van der Waals surface area (Å²) in [6.07, 6.45) is 2.49. The van der Waals surface area contributed by atoms with Crippen molar-refractivity contribution in [2.75, 3.05) is 0 Å². The van der Waals surface area contributed by atoms with Crippen LogP contribution in [0.15, 0.2) is 28.9 Å². The molecule has 2 aromatic heterocycles. The Balaban J connectivity index is 1.96. The Bertz CT molecular complexity index is 895. The molecule has 0 bridgehead atoms. The summed E-state index contributed by atoms with van der Waals surface area (Å²) in [4.78, 5) is 11.4. The van der Waals surface area contributed by atoms with Crippen LogP contribution in [0.25, 0.3) is 11.3 Å². The molecule has 0 saturated heterocycles. The number of aromatic carboxylic acids is 1. The van der Waals surface area contributed by atoms with Gasteiger partial charge in [0.2, 0.25) is 0 Å². The van der Waals surface area contributed by atoms with Gasteiger partial charge in [-0.1, -0.05) is 28.9 Å². The smallest absolute Gasteiger partial charge is 0.336 e. The highest BCUT2D eigenvalue weighted by Gasteiger charge is 2.16. The zero-order chi connectivity index (χ0) is 17.3. The largest absolute Gasteiger partial charge is 0.478 e. The van der Waals surface area contributed by atoms with Gasteiger partial charge in [0.05, 0.1) is 24.0 Å². The first-order valence-electron chi connectivity index (χ1n) is 7.68. The summed E-state index contributed by atoms with van der Waals surface area (Å²) in [6, 6.07) is 5.16. The number of rotatable bonds is 5. The third kappa shape index (κ3) is 2.92. The second kappa shape index (κ2) is 6.27. The van der Waals surface area contributed by atoms with Crippen LogP contribution in [-0.4, -0.2) is 31.2 Å². The Kier molecular flexibility index (Phi) is 4.16. The first-order chi connectivity index (χ1) is 11.5. The molecule has 0 aliphatic heterocycles. The van der Waals surface area contributed by atoms with Crippen molar-refractivity contribution >= 4 is 5.97 Å². The van der Waals surface area contributed by atoms with Crippen LogP contribution < -0.4 is 0 Å². The molecule has 2 heterocycles. The summed E-state index contributed by atoms with van der Waals surface area (Å²) >= 11 is 0. The lowest BCUT2D eigenvalue weighted by Crippen LogP contribution is -2.03. The third-order valence-corrected chi connectivity index (χ3v) is 3.93. The van der Waals surface area contributed by atoms with Gasteiger partial charge in [-0.2, -0.15) is 0 Å². The molecular formula is C17H18N4O3. The molecule has 0 aliphatic carbocycles. The van der Waals surface area contributed by atoms with E-state index in [1.165, 1.54) is 0 Å². The predicted molar refractivity (Wildman–Crippen MR) is 86.9 cm³/mol. The molecule has 0 amide bonds. The molecule has 0 atom stereocenters. The van der Waals surface area contributed by atoms with Gasteiger partial charge in [-0.05, 0) is 26.0 Å². The number of carboxylic acid groups (broad SMARTS) is 1. The Morgan fingerprint density at radius 1 is 1.33 bits per heavy atom. The Morgan fingerprint density at radius 3 is 2.83 bits per heavy atom. The maximum absolute atomic E-state index is 11.4. The number of aryl methyl sites for hydroxylation is 3. The molecule has 0 fully saturated rings. The van der Waals surface area contributed by atoms with E-state index in [-0.39, 0.29) is 5.56 Å². The molecule has 24 heavy (non-hydrogen) atoms. The van der Waals surface area contributed by atoms with Crippen molar-refractivity contribution < 1.29 is 14.4 Å². The monoisotopic (exact) mass is 326 g/mol. The third-order valence-electron chi connectivity index (χ3n) is 3.93. The van der Waals surface area contributed by atoms with E-state index in [9.17, 15) is 9.90 Å². The maximum atomic E-state index is 11.4. The second-order valence-corrected chi connectivity index (χ2v) is 5.68. The molecule has 1 N–H and O–H groups in total. The first-order valence-corrected chi connectivity index (χ1v) is 7.68. The topological polar surface area (TPSA) is 94.0 Å². The highest BCUT2D eigenvalue weighted by molar-refractivity contribution is 5.95. The standard InChI is InChI=1S/C17H18N4O3/c1-4-16-14(11(3)19-24-16)8-21-9-15(18-20-21)13-7-10(2)5-6-12(13)17(22)23/h5-7,9H,4,8H2,1-3H3,(H,22,23). The molecule has 0 spiro atoms. The molecule has 124 valence electrons. The van der Waals surface area contributed by atoms with Gasteiger partial charge >= 0.3 is 5.97 Å². The first kappa shape index (κ1) is 15.9. The van der Waals surface area contributed by atoms with E-state index in [1.54, 1.807) is 29.1 Å². The lowest BCUT2D eigenvalue weighted by atomic mass is 10.0. The van der Waals surface area contributed by atoms with E-state index < -0.39 is 5.97 Å². The van der Waals surface area contributed by atoms with E-state index in [2.05, 4.69) is 15.5 Å². The van der Waals surface area contributed by atoms with Gasteiger partial charge in [0.25, 0.3) is 0 Å². The van der Waals surface area contributed by atoms with Crippen molar-refractivity contribution in [3.8, 4) is 11.3 Å². The number of hydrogen-bond donors (Lipinski definition) is 1. The Labute approximate surface area is 138 Å². The number of hydrogen-bond acceptors (Lipinski definition) is 5. The Hall–Kier alpha value is -2.96. The minimum Gasteiger partial charge on any atom is -0.478 e. The SMILES string of the molecule is CCc1onc(C)c1Cn1cc(-c2cc(C)ccc2C(=O)O)nn1. The van der Waals surface area contributed by atoms with Crippen molar-refractivity contribution in [3.05, 3.63) is 52.5 Å².